The van der Waals surface area contributed by atoms with Crippen LogP contribution in [0.1, 0.15) is 26.2 Å². The van der Waals surface area contributed by atoms with Crippen LogP contribution in [-0.2, 0) is 0 Å². The average molecular weight is 162 g/mol. The van der Waals surface area contributed by atoms with E-state index in [1.54, 1.807) is 0 Å². The summed E-state index contributed by atoms with van der Waals surface area (Å²) in [6.45, 7) is 1.91. The molecule has 3 heteroatoms. The molecule has 0 aliphatic heterocycles. The van der Waals surface area contributed by atoms with Gasteiger partial charge in [0.25, 0.3) is 5.92 Å². The molecule has 64 valence electrons. The molecule has 0 amide bonds. The fourth-order valence-corrected chi connectivity index (χ4v) is 2.46. The Balaban J connectivity index is 2.00. The maximum absolute atomic E-state index is 12.6. The van der Waals surface area contributed by atoms with Crippen LogP contribution in [0.15, 0.2) is 0 Å². The van der Waals surface area contributed by atoms with Gasteiger partial charge in [-0.05, 0) is 18.3 Å². The van der Waals surface area contributed by atoms with Crippen LogP contribution < -0.4 is 0 Å². The second kappa shape index (κ2) is 1.60. The highest BCUT2D eigenvalue weighted by Crippen LogP contribution is 2.76. The number of aliphatic hydroxyl groups excluding tert-OH is 1. The van der Waals surface area contributed by atoms with Crippen LogP contribution in [0, 0.1) is 10.8 Å². The number of hydrogen-bond acceptors (Lipinski definition) is 1. The van der Waals surface area contributed by atoms with Crippen LogP contribution in [-0.4, -0.2) is 17.6 Å². The van der Waals surface area contributed by atoms with Crippen molar-refractivity contribution in [1.82, 2.24) is 0 Å². The van der Waals surface area contributed by atoms with Crippen molar-refractivity contribution in [3.63, 3.8) is 0 Å². The molecule has 0 radical (unpaired) electrons. The second-order valence-electron chi connectivity index (χ2n) is 4.48. The minimum absolute atomic E-state index is 0.0465. The van der Waals surface area contributed by atoms with E-state index in [-0.39, 0.29) is 18.4 Å². The molecule has 2 rings (SSSR count). The van der Waals surface area contributed by atoms with Gasteiger partial charge in [-0.2, -0.15) is 0 Å². The summed E-state index contributed by atoms with van der Waals surface area (Å²) in [4.78, 5) is 0. The Kier molecular flexibility index (Phi) is 1.09. The molecule has 2 aliphatic rings. The normalized spacial score (nSPS) is 52.4. The van der Waals surface area contributed by atoms with Gasteiger partial charge in [-0.3, -0.25) is 0 Å². The zero-order valence-corrected chi connectivity index (χ0v) is 6.53. The SMILES string of the molecule is CC1(CO)CC2(C1)CC2(F)F. The summed E-state index contributed by atoms with van der Waals surface area (Å²) in [7, 11) is 0. The van der Waals surface area contributed by atoms with Crippen LogP contribution in [0.3, 0.4) is 0 Å². The Morgan fingerprint density at radius 2 is 1.73 bits per heavy atom. The highest BCUT2D eigenvalue weighted by molar-refractivity contribution is 5.20. The Bertz CT molecular complexity index is 194. The molecule has 2 aliphatic carbocycles. The number of aliphatic hydroxyl groups is 1. The van der Waals surface area contributed by atoms with Crippen molar-refractivity contribution < 1.29 is 13.9 Å². The van der Waals surface area contributed by atoms with E-state index in [4.69, 9.17) is 5.11 Å². The predicted octanol–water partition coefficient (Wildman–Crippen LogP) is 1.80. The van der Waals surface area contributed by atoms with E-state index in [9.17, 15) is 8.78 Å². The van der Waals surface area contributed by atoms with Crippen molar-refractivity contribution in [2.24, 2.45) is 10.8 Å². The van der Waals surface area contributed by atoms with Crippen molar-refractivity contribution >= 4 is 0 Å². The summed E-state index contributed by atoms with van der Waals surface area (Å²) in [5.74, 6) is -2.42. The van der Waals surface area contributed by atoms with Crippen LogP contribution in [0.4, 0.5) is 8.78 Å². The van der Waals surface area contributed by atoms with Gasteiger partial charge in [0.05, 0.1) is 0 Å². The summed E-state index contributed by atoms with van der Waals surface area (Å²) < 4.78 is 25.3. The largest absolute Gasteiger partial charge is 0.396 e. The minimum Gasteiger partial charge on any atom is -0.396 e. The molecule has 1 nitrogen and oxygen atoms in total. The highest BCUT2D eigenvalue weighted by atomic mass is 19.3. The molecule has 11 heavy (non-hydrogen) atoms. The molecule has 2 fully saturated rings. The van der Waals surface area contributed by atoms with Gasteiger partial charge in [-0.25, -0.2) is 8.78 Å². The van der Waals surface area contributed by atoms with Gasteiger partial charge in [0.1, 0.15) is 0 Å². The van der Waals surface area contributed by atoms with E-state index in [0.29, 0.717) is 12.8 Å². The van der Waals surface area contributed by atoms with Crippen LogP contribution in [0.2, 0.25) is 0 Å². The zero-order chi connectivity index (χ0) is 8.33. The summed E-state index contributed by atoms with van der Waals surface area (Å²) in [5.41, 5.74) is -0.898. The van der Waals surface area contributed by atoms with Crippen molar-refractivity contribution in [3.05, 3.63) is 0 Å². The number of alkyl halides is 2. The topological polar surface area (TPSA) is 20.2 Å². The van der Waals surface area contributed by atoms with E-state index < -0.39 is 11.3 Å². The first-order chi connectivity index (χ1) is 4.93. The van der Waals surface area contributed by atoms with E-state index in [2.05, 4.69) is 0 Å². The van der Waals surface area contributed by atoms with Gasteiger partial charge in [0, 0.05) is 18.4 Å². The van der Waals surface area contributed by atoms with Crippen LogP contribution in [0.25, 0.3) is 0 Å². The van der Waals surface area contributed by atoms with Crippen molar-refractivity contribution in [3.8, 4) is 0 Å². The molecular formula is C8H12F2O. The summed E-state index contributed by atoms with van der Waals surface area (Å²) in [6, 6.07) is 0. The number of halogens is 2. The van der Waals surface area contributed by atoms with E-state index >= 15 is 0 Å². The van der Waals surface area contributed by atoms with Gasteiger partial charge in [-0.1, -0.05) is 6.92 Å². The van der Waals surface area contributed by atoms with Gasteiger partial charge in [-0.15, -0.1) is 0 Å². The third kappa shape index (κ3) is 0.776. The second-order valence-corrected chi connectivity index (χ2v) is 4.48. The lowest BCUT2D eigenvalue weighted by molar-refractivity contribution is -0.0673. The van der Waals surface area contributed by atoms with Gasteiger partial charge in [0.15, 0.2) is 0 Å². The third-order valence-corrected chi connectivity index (χ3v) is 3.12. The number of hydrogen-bond donors (Lipinski definition) is 1. The average Bonchev–Trinajstić information content (AvgIpc) is 2.33. The minimum atomic E-state index is -2.42. The fraction of sp³-hybridized carbons (Fsp3) is 1.00. The van der Waals surface area contributed by atoms with E-state index in [1.807, 2.05) is 6.92 Å². The Hall–Kier alpha value is -0.180. The Labute approximate surface area is 64.4 Å². The molecule has 0 aromatic rings. The Morgan fingerprint density at radius 3 is 2.00 bits per heavy atom. The standard InChI is InChI=1S/C8H12F2O/c1-6(5-11)2-7(3-6)4-8(7,9)10/h11H,2-5H2,1H3. The molecule has 0 heterocycles. The molecule has 0 unspecified atom stereocenters. The molecular weight excluding hydrogens is 150 g/mol. The summed E-state index contributed by atoms with van der Waals surface area (Å²) >= 11 is 0. The third-order valence-electron chi connectivity index (χ3n) is 3.12. The quantitative estimate of drug-likeness (QED) is 0.623. The first-order valence-corrected chi connectivity index (χ1v) is 3.92. The monoisotopic (exact) mass is 162 g/mol. The maximum Gasteiger partial charge on any atom is 0.254 e. The molecule has 0 saturated heterocycles. The molecule has 0 atom stereocenters. The molecule has 0 bridgehead atoms. The van der Waals surface area contributed by atoms with Crippen molar-refractivity contribution in [1.29, 1.82) is 0 Å². The molecule has 0 aromatic carbocycles. The lowest BCUT2D eigenvalue weighted by Crippen LogP contribution is -2.41. The fourth-order valence-electron chi connectivity index (χ4n) is 2.46. The number of rotatable bonds is 1. The maximum atomic E-state index is 12.6. The van der Waals surface area contributed by atoms with Gasteiger partial charge >= 0.3 is 0 Å². The molecule has 2 saturated carbocycles. The predicted molar refractivity (Wildman–Crippen MR) is 36.4 cm³/mol. The van der Waals surface area contributed by atoms with E-state index in [1.165, 1.54) is 0 Å². The first-order valence-electron chi connectivity index (χ1n) is 3.92. The molecule has 0 aromatic heterocycles. The smallest absolute Gasteiger partial charge is 0.254 e. The van der Waals surface area contributed by atoms with Gasteiger partial charge < -0.3 is 5.11 Å². The molecule has 1 spiro atoms. The van der Waals surface area contributed by atoms with E-state index in [0.717, 1.165) is 0 Å². The lowest BCUT2D eigenvalue weighted by Gasteiger charge is -2.44. The summed E-state index contributed by atoms with van der Waals surface area (Å²) in [5, 5.41) is 8.83. The van der Waals surface area contributed by atoms with Crippen molar-refractivity contribution in [2.45, 2.75) is 32.1 Å². The lowest BCUT2D eigenvalue weighted by atomic mass is 9.61. The van der Waals surface area contributed by atoms with Crippen molar-refractivity contribution in [2.75, 3.05) is 6.61 Å². The first kappa shape index (κ1) is 7.47. The van der Waals surface area contributed by atoms with Gasteiger partial charge in [0.2, 0.25) is 0 Å². The highest BCUT2D eigenvalue weighted by Gasteiger charge is 2.77. The Morgan fingerprint density at radius 1 is 1.27 bits per heavy atom. The zero-order valence-electron chi connectivity index (χ0n) is 6.53. The molecule has 1 N–H and O–H groups in total. The summed E-state index contributed by atoms with van der Waals surface area (Å²) in [6.07, 6.45) is 1.06. The van der Waals surface area contributed by atoms with Crippen LogP contribution in [0.5, 0.6) is 0 Å². The van der Waals surface area contributed by atoms with Crippen LogP contribution >= 0.6 is 0 Å².